The van der Waals surface area contributed by atoms with Crippen LogP contribution in [0.4, 0.5) is 24.5 Å². The maximum atomic E-state index is 14.6. The number of anilines is 2. The number of para-hydroxylation sites is 3. The van der Waals surface area contributed by atoms with Gasteiger partial charge in [0.25, 0.3) is 0 Å². The van der Waals surface area contributed by atoms with Crippen LogP contribution in [0.1, 0.15) is 44.1 Å². The monoisotopic (exact) mass is 1900 g/mol. The zero-order valence-electron chi connectivity index (χ0n) is 75.9. The average Bonchev–Trinajstić information content (AvgIpc) is 1.63. The number of imidazole rings is 4. The number of aryl methyl sites for hydroxylation is 2. The van der Waals surface area contributed by atoms with E-state index in [2.05, 4.69) is 144 Å². The molecule has 0 aliphatic carbocycles. The van der Waals surface area contributed by atoms with Crippen LogP contribution in [-0.4, -0.2) is 148 Å². The molecule has 0 atom stereocenters. The lowest BCUT2D eigenvalue weighted by molar-refractivity contribution is -0.119. The molecule has 14 aromatic heterocycles. The van der Waals surface area contributed by atoms with Crippen LogP contribution in [0.5, 0.6) is 5.75 Å². The Labute approximate surface area is 804 Å². The molecule has 0 bridgehead atoms. The number of fused-ring (bicyclic) bond motifs is 8. The van der Waals surface area contributed by atoms with Crippen LogP contribution in [0.3, 0.4) is 0 Å². The molecule has 29 nitrogen and oxygen atoms in total. The highest BCUT2D eigenvalue weighted by Crippen LogP contribution is 2.42. The van der Waals surface area contributed by atoms with Crippen molar-refractivity contribution in [3.05, 3.63) is 314 Å². The Morgan fingerprint density at radius 1 is 0.433 bits per heavy atom. The summed E-state index contributed by atoms with van der Waals surface area (Å²) in [6.45, 7) is 7.79. The van der Waals surface area contributed by atoms with E-state index in [9.17, 15) is 36.3 Å². The molecule has 0 radical (unpaired) electrons. The number of H-pyrrole nitrogens is 9. The second kappa shape index (κ2) is 37.9. The first-order chi connectivity index (χ1) is 68.5. The average molecular weight is 1910 g/mol. The Morgan fingerprint density at radius 2 is 0.901 bits per heavy atom. The van der Waals surface area contributed by atoms with Gasteiger partial charge >= 0.3 is 0 Å². The van der Waals surface area contributed by atoms with Gasteiger partial charge in [-0.15, -0.1) is 11.3 Å². The van der Waals surface area contributed by atoms with E-state index in [-0.39, 0.29) is 47.3 Å². The molecule has 10 aromatic carbocycles. The molecule has 2 amide bonds. The van der Waals surface area contributed by atoms with Gasteiger partial charge in [-0.05, 0) is 204 Å². The fourth-order valence-corrected chi connectivity index (χ4v) is 18.6. The van der Waals surface area contributed by atoms with Crippen LogP contribution in [0.25, 0.3) is 222 Å². The number of hydrogen-bond donors (Lipinski definition) is 12. The van der Waals surface area contributed by atoms with E-state index >= 15 is 0 Å². The number of rotatable bonds is 20. The molecule has 0 fully saturated rings. The first-order valence-electron chi connectivity index (χ1n) is 45.0. The van der Waals surface area contributed by atoms with Gasteiger partial charge in [0.05, 0.1) is 103 Å². The first-order valence-corrected chi connectivity index (χ1v) is 47.9. The molecule has 694 valence electrons. The number of carbonyl (C=O) groups is 2. The smallest absolute Gasteiger partial charge is 0.226 e. The quantitative estimate of drug-likeness (QED) is 0.0337. The van der Waals surface area contributed by atoms with Crippen molar-refractivity contribution < 1.29 is 36.3 Å². The molecule has 0 saturated carbocycles. The number of amides is 2. The summed E-state index contributed by atoms with van der Waals surface area (Å²) in [5, 5.41) is 56.5. The zero-order valence-corrected chi connectivity index (χ0v) is 77.5. The molecule has 12 N–H and O–H groups in total. The summed E-state index contributed by atoms with van der Waals surface area (Å²) in [6.07, 6.45) is 17.7. The van der Waals surface area contributed by atoms with Crippen LogP contribution in [-0.2, 0) is 25.8 Å². The largest absolute Gasteiger partial charge is 0.506 e. The number of halogens is 3. The number of aromatic amines is 9. The van der Waals surface area contributed by atoms with Crippen LogP contribution in [0.2, 0.25) is 0 Å². The lowest BCUT2D eigenvalue weighted by Gasteiger charge is -2.09. The van der Waals surface area contributed by atoms with Crippen LogP contribution in [0.15, 0.2) is 286 Å². The molecular formula is C107H83F3N24O5S2. The first kappa shape index (κ1) is 89.5. The summed E-state index contributed by atoms with van der Waals surface area (Å²) in [5.41, 5.74) is 27.3. The molecule has 24 aromatic rings. The van der Waals surface area contributed by atoms with Gasteiger partial charge in [0.15, 0.2) is 28.9 Å². The summed E-state index contributed by atoms with van der Waals surface area (Å²) in [5.74, 6) is 1.27. The number of hydrogen-bond acceptors (Lipinski definition) is 19. The highest BCUT2D eigenvalue weighted by atomic mass is 32.2. The number of nitrogens with zero attached hydrogens (tertiary/aromatic N) is 13. The van der Waals surface area contributed by atoms with E-state index in [1.807, 2.05) is 160 Å². The molecule has 141 heavy (non-hydrogen) atoms. The lowest BCUT2D eigenvalue weighted by Crippen LogP contribution is -2.17. The number of benzene rings is 10. The van der Waals surface area contributed by atoms with E-state index in [0.29, 0.717) is 80.3 Å². The summed E-state index contributed by atoms with van der Waals surface area (Å²) in [7, 11) is -3.20. The van der Waals surface area contributed by atoms with Crippen molar-refractivity contribution in [3.63, 3.8) is 0 Å². The Bertz CT molecular complexity index is 9040. The lowest BCUT2D eigenvalue weighted by atomic mass is 10.0. The third-order valence-corrected chi connectivity index (χ3v) is 26.0. The fraction of sp³-hybridized carbons (Fsp3) is 0.0935. The molecule has 0 spiro atoms. The predicted molar refractivity (Wildman–Crippen MR) is 546 cm³/mol. The maximum Gasteiger partial charge on any atom is 0.226 e. The standard InChI is InChI=1S/C31H28FN7O3S.C28H24N6OS.C25H16FN5O.C23H15FN6/c1-3-4-27(40)35-23-14-21(16-33-17-23)19-5-6-26-25(15-19)29(39-38-26)31-36-28-24(7-9-34-30(28)37-31)20-11-18(12-22(32)13-20)8-10-43(2,41)42;1-15(2)28(35)30-19-11-18(13-29-14-19)17-8-9-22-21(12-17)26(34-33-22)27-31-23-6-4-5-20(25(23)32-27)24-10-7-16(3)36-24;26-17-4-1-3-15(9-17)19-5-2-6-22-23(19)29-25(28-22)24-20-11-14(7-8-21(20)30-31-24)16-10-18(32)13-27-12-16;24-16-4-1-3-14(9-16)17-5-2-6-20-21(17)28-23(27-20)22-18-10-13(15-11-25-26-12-15)7-8-19(18)29-30-22/h5-7,9,11-17H,3-4,8,10H2,1-2H3,(H,35,40)(H,38,39)(H,34,36,37);4-15H,1-3H3,(H,30,35)(H,31,32)(H,33,34);1-13,32H,(H,28,29)(H,30,31);1-12H,(H,25,26)(H,27,28)(H,29,30). The van der Waals surface area contributed by atoms with Gasteiger partial charge < -0.3 is 35.7 Å². The van der Waals surface area contributed by atoms with Gasteiger partial charge in [-0.25, -0.2) is 46.5 Å². The van der Waals surface area contributed by atoms with Crippen LogP contribution in [0, 0.1) is 30.3 Å². The normalized spacial score (nSPS) is 11.6. The second-order valence-electron chi connectivity index (χ2n) is 34.3. The van der Waals surface area contributed by atoms with Crippen molar-refractivity contribution in [2.45, 2.75) is 47.0 Å². The maximum absolute atomic E-state index is 14.6. The number of aromatic hydroxyl groups is 1. The Kier molecular flexibility index (Phi) is 24.1. The summed E-state index contributed by atoms with van der Waals surface area (Å²) in [6, 6.07) is 70.8. The minimum absolute atomic E-state index is 0.0384. The minimum atomic E-state index is -3.20. The summed E-state index contributed by atoms with van der Waals surface area (Å²) >= 11 is 1.76. The fourth-order valence-electron chi connectivity index (χ4n) is 17.1. The summed E-state index contributed by atoms with van der Waals surface area (Å²) < 4.78 is 65.5. The van der Waals surface area contributed by atoms with Crippen LogP contribution >= 0.6 is 11.3 Å². The van der Waals surface area contributed by atoms with Gasteiger partial charge in [0, 0.05) is 125 Å². The van der Waals surface area contributed by atoms with Crippen molar-refractivity contribution >= 4 is 132 Å². The zero-order chi connectivity index (χ0) is 96.7. The molecule has 34 heteroatoms. The number of nitrogens with one attached hydrogen (secondary N) is 11. The number of carbonyl (C=O) groups excluding carboxylic acids is 2. The van der Waals surface area contributed by atoms with E-state index in [4.69, 9.17) is 15.0 Å². The second-order valence-corrected chi connectivity index (χ2v) is 37.8. The minimum Gasteiger partial charge on any atom is -0.506 e. The van der Waals surface area contributed by atoms with E-state index in [1.165, 1.54) is 52.3 Å². The topological polar surface area (TPSA) is 422 Å². The van der Waals surface area contributed by atoms with Crippen molar-refractivity contribution in [1.82, 2.24) is 111 Å². The number of sulfone groups is 1. The van der Waals surface area contributed by atoms with Gasteiger partial charge in [-0.3, -0.25) is 50.0 Å². The number of pyridine rings is 4. The van der Waals surface area contributed by atoms with Crippen molar-refractivity contribution in [1.29, 1.82) is 0 Å². The molecule has 0 unspecified atom stereocenters. The van der Waals surface area contributed by atoms with Gasteiger partial charge in [0.1, 0.15) is 55.8 Å². The van der Waals surface area contributed by atoms with E-state index in [1.54, 1.807) is 85.0 Å². The summed E-state index contributed by atoms with van der Waals surface area (Å²) in [4.78, 5) is 76.6. The Balaban J connectivity index is 0.000000112. The molecule has 0 aliphatic heterocycles. The molecule has 0 aliphatic rings. The molecular weight excluding hydrogens is 1820 g/mol. The molecule has 0 saturated heterocycles. The number of aromatic nitrogens is 22. The van der Waals surface area contributed by atoms with Crippen LogP contribution < -0.4 is 10.6 Å². The SMILES string of the molecule is CCCC(=O)Nc1cncc(-c2ccc3[nH]nc(-c4nc5nccc(-c6cc(F)cc(CCS(C)(=O)=O)c6)c5[nH]4)c3c2)c1.Cc1ccc(-c2cccc3[nH]c(-c4n[nH]c5ccc(-c6cncc(NC(=O)C(C)C)c6)cc45)nc23)s1.Fc1cccc(-c2cccc3[nH]c(-c4n[nH]c5ccc(-c6cn[nH]c6)cc45)nc23)c1.Oc1cncc(-c2ccc3[nH]nc(-c4nc5c(-c6cccc(F)c6)cccc5[nH]4)c3c2)c1. The third kappa shape index (κ3) is 18.9. The van der Waals surface area contributed by atoms with Crippen molar-refractivity contribution in [3.8, 4) is 140 Å². The van der Waals surface area contributed by atoms with Crippen molar-refractivity contribution in [2.24, 2.45) is 5.92 Å². The molecule has 24 rings (SSSR count). The van der Waals surface area contributed by atoms with E-state index in [0.717, 1.165) is 173 Å². The van der Waals surface area contributed by atoms with Crippen molar-refractivity contribution in [2.75, 3.05) is 22.6 Å². The molecule has 14 heterocycles. The van der Waals surface area contributed by atoms with E-state index < -0.39 is 15.7 Å². The predicted octanol–water partition coefficient (Wildman–Crippen LogP) is 23.5. The highest BCUT2D eigenvalue weighted by molar-refractivity contribution is 7.90. The van der Waals surface area contributed by atoms with Gasteiger partial charge in [-0.1, -0.05) is 112 Å². The Morgan fingerprint density at radius 3 is 1.37 bits per heavy atom. The number of thiophene rings is 1. The van der Waals surface area contributed by atoms with Gasteiger partial charge in [-0.2, -0.15) is 25.5 Å². The third-order valence-electron chi connectivity index (χ3n) is 24.0. The Hall–Kier alpha value is -18.1. The highest BCUT2D eigenvalue weighted by Gasteiger charge is 2.25. The van der Waals surface area contributed by atoms with Gasteiger partial charge in [0.2, 0.25) is 11.8 Å².